The summed E-state index contributed by atoms with van der Waals surface area (Å²) < 4.78 is 21.7. The van der Waals surface area contributed by atoms with Gasteiger partial charge in [0.1, 0.15) is 18.1 Å². The number of ether oxygens (including phenoxy) is 3. The number of esters is 1. The molecule has 1 aliphatic rings. The molecule has 0 saturated carbocycles. The summed E-state index contributed by atoms with van der Waals surface area (Å²) in [4.78, 5) is 48.4. The van der Waals surface area contributed by atoms with Crippen molar-refractivity contribution in [2.45, 2.75) is 13.2 Å². The summed E-state index contributed by atoms with van der Waals surface area (Å²) in [5.74, 6) is -0.405. The number of nitrogens with one attached hydrogen (secondary N) is 1. The lowest BCUT2D eigenvalue weighted by Gasteiger charge is -2.14. The molecule has 12 nitrogen and oxygen atoms in total. The number of benzene rings is 2. The van der Waals surface area contributed by atoms with Crippen LogP contribution in [0.4, 0.5) is 10.5 Å². The first-order chi connectivity index (χ1) is 18.2. The van der Waals surface area contributed by atoms with Crippen molar-refractivity contribution in [2.75, 3.05) is 14.2 Å². The number of non-ortho nitro benzene ring substituents is 1. The standard InChI is InChI=1S/C25H20BrN3O9/c1-35-21-11-15(9-18(26)22(21)37-13-14-4-3-5-16(8-14)29(33)34)10-19-23(30)28(25(32)27-19)12-17-6-7-20(38-17)24(31)36-2/h3-11H,12-13H2,1-2H3,(H,27,32)/b19-10-. The molecule has 0 atom stereocenters. The molecule has 1 N–H and O–H groups in total. The maximum absolute atomic E-state index is 12.9. The topological polar surface area (TPSA) is 150 Å². The average Bonchev–Trinajstić information content (AvgIpc) is 3.47. The molecule has 3 aromatic rings. The minimum Gasteiger partial charge on any atom is -0.493 e. The Balaban J connectivity index is 1.50. The first kappa shape index (κ1) is 26.4. The van der Waals surface area contributed by atoms with Crippen molar-refractivity contribution in [1.29, 1.82) is 0 Å². The highest BCUT2D eigenvalue weighted by atomic mass is 79.9. The molecule has 1 aliphatic heterocycles. The van der Waals surface area contributed by atoms with Crippen LogP contribution in [-0.2, 0) is 22.7 Å². The molecule has 0 radical (unpaired) electrons. The number of imide groups is 1. The number of nitro groups is 1. The van der Waals surface area contributed by atoms with Gasteiger partial charge in [0.25, 0.3) is 11.6 Å². The molecule has 13 heteroatoms. The fraction of sp³-hybridized carbons (Fsp3) is 0.160. The molecule has 1 fully saturated rings. The molecule has 1 aromatic heterocycles. The van der Waals surface area contributed by atoms with Gasteiger partial charge in [0.2, 0.25) is 5.76 Å². The van der Waals surface area contributed by atoms with Crippen molar-refractivity contribution < 1.29 is 37.9 Å². The van der Waals surface area contributed by atoms with Gasteiger partial charge in [-0.15, -0.1) is 0 Å². The van der Waals surface area contributed by atoms with Crippen LogP contribution in [0.2, 0.25) is 0 Å². The van der Waals surface area contributed by atoms with Crippen LogP contribution >= 0.6 is 15.9 Å². The number of methoxy groups -OCH3 is 2. The number of nitrogens with zero attached hydrogens (tertiary/aromatic N) is 2. The zero-order valence-electron chi connectivity index (χ0n) is 20.1. The molecular weight excluding hydrogens is 566 g/mol. The molecular formula is C25H20BrN3O9. The predicted molar refractivity (Wildman–Crippen MR) is 135 cm³/mol. The Bertz CT molecular complexity index is 1460. The molecule has 0 spiro atoms. The lowest BCUT2D eigenvalue weighted by atomic mass is 10.1. The lowest BCUT2D eigenvalue weighted by Crippen LogP contribution is -2.30. The first-order valence-electron chi connectivity index (χ1n) is 11.0. The lowest BCUT2D eigenvalue weighted by molar-refractivity contribution is -0.384. The third-order valence-corrected chi connectivity index (χ3v) is 5.98. The predicted octanol–water partition coefficient (Wildman–Crippen LogP) is 4.42. The quantitative estimate of drug-likeness (QED) is 0.126. The van der Waals surface area contributed by atoms with Crippen molar-refractivity contribution in [1.82, 2.24) is 10.2 Å². The summed E-state index contributed by atoms with van der Waals surface area (Å²) in [5, 5.41) is 13.5. The Labute approximate surface area is 224 Å². The van der Waals surface area contributed by atoms with E-state index in [0.717, 1.165) is 4.90 Å². The van der Waals surface area contributed by atoms with Gasteiger partial charge in [-0.1, -0.05) is 12.1 Å². The number of halogens is 1. The Morgan fingerprint density at radius 2 is 1.97 bits per heavy atom. The molecule has 0 aliphatic carbocycles. The smallest absolute Gasteiger partial charge is 0.373 e. The van der Waals surface area contributed by atoms with Crippen molar-refractivity contribution >= 4 is 45.6 Å². The van der Waals surface area contributed by atoms with Crippen LogP contribution in [0.15, 0.2) is 63.1 Å². The van der Waals surface area contributed by atoms with Crippen LogP contribution in [0.5, 0.6) is 11.5 Å². The number of amides is 3. The van der Waals surface area contributed by atoms with Gasteiger partial charge in [-0.25, -0.2) is 9.59 Å². The maximum atomic E-state index is 12.9. The molecule has 4 rings (SSSR count). The molecule has 0 unspecified atom stereocenters. The zero-order valence-corrected chi connectivity index (χ0v) is 21.6. The van der Waals surface area contributed by atoms with Gasteiger partial charge >= 0.3 is 12.0 Å². The second kappa shape index (κ2) is 11.2. The highest BCUT2D eigenvalue weighted by Crippen LogP contribution is 2.38. The van der Waals surface area contributed by atoms with Gasteiger partial charge in [-0.2, -0.15) is 0 Å². The maximum Gasteiger partial charge on any atom is 0.373 e. The van der Waals surface area contributed by atoms with Gasteiger partial charge in [0.15, 0.2) is 11.5 Å². The van der Waals surface area contributed by atoms with E-state index < -0.39 is 22.8 Å². The molecule has 2 heterocycles. The van der Waals surface area contributed by atoms with E-state index in [1.807, 2.05) is 0 Å². The van der Waals surface area contributed by atoms with Crippen LogP contribution in [0.3, 0.4) is 0 Å². The number of hydrogen-bond donors (Lipinski definition) is 1. The van der Waals surface area contributed by atoms with E-state index in [0.29, 0.717) is 27.1 Å². The van der Waals surface area contributed by atoms with Gasteiger partial charge in [0.05, 0.1) is 30.2 Å². The highest BCUT2D eigenvalue weighted by Gasteiger charge is 2.34. The van der Waals surface area contributed by atoms with Gasteiger partial charge in [-0.05, 0) is 57.4 Å². The second-order valence-electron chi connectivity index (χ2n) is 7.89. The number of rotatable bonds is 9. The second-order valence-corrected chi connectivity index (χ2v) is 8.74. The molecule has 0 bridgehead atoms. The summed E-state index contributed by atoms with van der Waals surface area (Å²) in [6.07, 6.45) is 1.47. The Kier molecular flexibility index (Phi) is 7.76. The molecule has 2 aromatic carbocycles. The monoisotopic (exact) mass is 585 g/mol. The molecule has 196 valence electrons. The van der Waals surface area contributed by atoms with Crippen molar-refractivity contribution in [2.24, 2.45) is 0 Å². The fourth-order valence-corrected chi connectivity index (χ4v) is 4.16. The number of hydrogen-bond acceptors (Lipinski definition) is 9. The minimum atomic E-state index is -0.675. The SMILES string of the molecule is COC(=O)c1ccc(CN2C(=O)N/C(=C\c3cc(Br)c(OCc4cccc([N+](=O)[O-])c4)c(OC)c3)C2=O)o1. The van der Waals surface area contributed by atoms with E-state index in [-0.39, 0.29) is 36.1 Å². The summed E-state index contributed by atoms with van der Waals surface area (Å²) >= 11 is 3.43. The van der Waals surface area contributed by atoms with Crippen LogP contribution in [0, 0.1) is 10.1 Å². The summed E-state index contributed by atoms with van der Waals surface area (Å²) in [7, 11) is 2.65. The first-order valence-corrected chi connectivity index (χ1v) is 11.7. The van der Waals surface area contributed by atoms with Crippen LogP contribution in [0.1, 0.15) is 27.4 Å². The van der Waals surface area contributed by atoms with E-state index in [2.05, 4.69) is 26.0 Å². The largest absolute Gasteiger partial charge is 0.493 e. The van der Waals surface area contributed by atoms with E-state index in [1.54, 1.807) is 24.3 Å². The highest BCUT2D eigenvalue weighted by molar-refractivity contribution is 9.10. The third kappa shape index (κ3) is 5.67. The van der Waals surface area contributed by atoms with E-state index in [9.17, 15) is 24.5 Å². The van der Waals surface area contributed by atoms with Crippen molar-refractivity contribution in [3.05, 3.63) is 91.5 Å². The number of urea groups is 1. The molecule has 38 heavy (non-hydrogen) atoms. The summed E-state index contributed by atoms with van der Waals surface area (Å²) in [6.45, 7) is -0.137. The molecule has 3 amide bonds. The van der Waals surface area contributed by atoms with Crippen molar-refractivity contribution in [3.63, 3.8) is 0 Å². The molecule has 1 saturated heterocycles. The number of nitro benzene ring substituents is 1. The Morgan fingerprint density at radius 1 is 1.18 bits per heavy atom. The number of furan rings is 1. The normalized spacial score (nSPS) is 14.0. The van der Waals surface area contributed by atoms with E-state index in [4.69, 9.17) is 13.9 Å². The fourth-order valence-electron chi connectivity index (χ4n) is 3.59. The van der Waals surface area contributed by atoms with E-state index in [1.165, 1.54) is 44.6 Å². The van der Waals surface area contributed by atoms with Gasteiger partial charge in [-0.3, -0.25) is 19.8 Å². The zero-order chi connectivity index (χ0) is 27.4. The van der Waals surface area contributed by atoms with Crippen molar-refractivity contribution in [3.8, 4) is 11.5 Å². The minimum absolute atomic E-state index is 0.0222. The van der Waals surface area contributed by atoms with Gasteiger partial charge < -0.3 is 23.9 Å². The number of carbonyl (C=O) groups excluding carboxylic acids is 3. The average molecular weight is 586 g/mol. The Morgan fingerprint density at radius 3 is 2.68 bits per heavy atom. The van der Waals surface area contributed by atoms with Crippen LogP contribution in [-0.4, -0.2) is 42.0 Å². The Hall–Kier alpha value is -4.65. The van der Waals surface area contributed by atoms with Gasteiger partial charge in [0, 0.05) is 12.1 Å². The van der Waals surface area contributed by atoms with E-state index >= 15 is 0 Å². The number of carbonyl (C=O) groups is 3. The third-order valence-electron chi connectivity index (χ3n) is 5.39. The summed E-state index contributed by atoms with van der Waals surface area (Å²) in [5.41, 5.74) is 1.09. The van der Waals surface area contributed by atoms with Crippen LogP contribution in [0.25, 0.3) is 6.08 Å². The van der Waals surface area contributed by atoms with Crippen LogP contribution < -0.4 is 14.8 Å². The summed E-state index contributed by atoms with van der Waals surface area (Å²) in [6, 6.07) is 11.6.